The molecule has 3 rings (SSSR count). The zero-order valence-corrected chi connectivity index (χ0v) is 15.9. The molecule has 0 saturated heterocycles. The van der Waals surface area contributed by atoms with Gasteiger partial charge < -0.3 is 4.98 Å². The minimum absolute atomic E-state index is 0.198. The molecule has 1 amide bonds. The lowest BCUT2D eigenvalue weighted by atomic mass is 10.2. The number of hydrogen-bond acceptors (Lipinski definition) is 4. The number of aromatic amines is 1. The number of amides is 1. The molecule has 0 saturated carbocycles. The van der Waals surface area contributed by atoms with E-state index in [0.29, 0.717) is 34.8 Å². The molecule has 7 heteroatoms. The van der Waals surface area contributed by atoms with E-state index in [1.54, 1.807) is 0 Å². The normalized spacial score (nSPS) is 11.0. The number of hydrogen-bond donors (Lipinski definition) is 2. The molecule has 0 aliphatic carbocycles. The van der Waals surface area contributed by atoms with Gasteiger partial charge >= 0.3 is 0 Å². The molecule has 6 nitrogen and oxygen atoms in total. The number of H-pyrrole nitrogens is 1. The first-order valence-electron chi connectivity index (χ1n) is 8.58. The van der Waals surface area contributed by atoms with Crippen LogP contribution in [0.1, 0.15) is 36.6 Å². The summed E-state index contributed by atoms with van der Waals surface area (Å²) in [6.45, 7) is 5.84. The van der Waals surface area contributed by atoms with Gasteiger partial charge in [0.15, 0.2) is 5.16 Å². The number of carbonyl (C=O) groups excluding carboxylic acids is 1. The van der Waals surface area contributed by atoms with Crippen LogP contribution in [0.5, 0.6) is 0 Å². The van der Waals surface area contributed by atoms with E-state index in [4.69, 9.17) is 0 Å². The Hall–Kier alpha value is -2.54. The first kappa shape index (κ1) is 18.3. The van der Waals surface area contributed by atoms with Crippen molar-refractivity contribution in [3.05, 3.63) is 57.5 Å². The fourth-order valence-corrected chi connectivity index (χ4v) is 3.63. The maximum absolute atomic E-state index is 12.8. The lowest BCUT2D eigenvalue weighted by molar-refractivity contribution is -0.117. The molecule has 2 N–H and O–H groups in total. The average Bonchev–Trinajstić information content (AvgIpc) is 2.97. The van der Waals surface area contributed by atoms with Crippen LogP contribution in [0.4, 0.5) is 0 Å². The highest BCUT2D eigenvalue weighted by molar-refractivity contribution is 7.98. The summed E-state index contributed by atoms with van der Waals surface area (Å²) in [5, 5.41) is 0.479. The highest BCUT2D eigenvalue weighted by atomic mass is 32.2. The molecule has 0 radical (unpaired) electrons. The van der Waals surface area contributed by atoms with Crippen LogP contribution in [0, 0.1) is 13.8 Å². The fraction of sp³-hybridized carbons (Fsp3) is 0.316. The third kappa shape index (κ3) is 3.99. The van der Waals surface area contributed by atoms with Crippen LogP contribution in [-0.2, 0) is 10.5 Å². The lowest BCUT2D eigenvalue weighted by Gasteiger charge is -2.13. The topological polar surface area (TPSA) is 79.8 Å². The van der Waals surface area contributed by atoms with Crippen molar-refractivity contribution >= 4 is 28.7 Å². The number of fused-ring (bicyclic) bond motifs is 1. The Bertz CT molecular complexity index is 1010. The standard InChI is InChI=1S/C19H22N4O2S/c1-4-6-16(24)22-23-18(25)17-15(10-13(3)20-17)21-19(23)26-11-14-8-5-7-12(2)9-14/h5,7-10,20H,4,6,11H2,1-3H3,(H,22,24). The molecule has 2 heterocycles. The zero-order valence-electron chi connectivity index (χ0n) is 15.1. The van der Waals surface area contributed by atoms with E-state index < -0.39 is 0 Å². The molecule has 0 aliphatic rings. The Kier molecular flexibility index (Phi) is 5.46. The molecule has 0 atom stereocenters. The van der Waals surface area contributed by atoms with Gasteiger partial charge in [0.2, 0.25) is 5.91 Å². The summed E-state index contributed by atoms with van der Waals surface area (Å²) >= 11 is 1.43. The van der Waals surface area contributed by atoms with Gasteiger partial charge in [0.25, 0.3) is 5.56 Å². The van der Waals surface area contributed by atoms with Crippen molar-refractivity contribution in [3.8, 4) is 0 Å². The van der Waals surface area contributed by atoms with Crippen molar-refractivity contribution in [1.82, 2.24) is 14.6 Å². The van der Waals surface area contributed by atoms with Crippen molar-refractivity contribution in [2.75, 3.05) is 5.43 Å². The molecule has 0 bridgehead atoms. The quantitative estimate of drug-likeness (QED) is 0.514. The molecule has 0 fully saturated rings. The van der Waals surface area contributed by atoms with Crippen LogP contribution in [-0.4, -0.2) is 20.6 Å². The maximum Gasteiger partial charge on any atom is 0.297 e. The van der Waals surface area contributed by atoms with E-state index in [9.17, 15) is 9.59 Å². The van der Waals surface area contributed by atoms with E-state index in [0.717, 1.165) is 11.3 Å². The highest BCUT2D eigenvalue weighted by Crippen LogP contribution is 2.22. The number of carbonyl (C=O) groups is 1. The second-order valence-electron chi connectivity index (χ2n) is 6.31. The molecule has 0 aliphatic heterocycles. The second kappa shape index (κ2) is 7.78. The van der Waals surface area contributed by atoms with Crippen LogP contribution < -0.4 is 11.0 Å². The molecule has 0 unspecified atom stereocenters. The maximum atomic E-state index is 12.8. The van der Waals surface area contributed by atoms with Crippen molar-refractivity contribution in [3.63, 3.8) is 0 Å². The number of benzene rings is 1. The van der Waals surface area contributed by atoms with Gasteiger partial charge in [-0.25, -0.2) is 4.98 Å². The number of thioether (sulfide) groups is 1. The predicted octanol–water partition coefficient (Wildman–Crippen LogP) is 3.50. The fourth-order valence-electron chi connectivity index (χ4n) is 2.73. The summed E-state index contributed by atoms with van der Waals surface area (Å²) in [5.74, 6) is 0.462. The largest absolute Gasteiger partial charge is 0.353 e. The second-order valence-corrected chi connectivity index (χ2v) is 7.25. The average molecular weight is 370 g/mol. The van der Waals surface area contributed by atoms with Gasteiger partial charge in [-0.15, -0.1) is 0 Å². The Labute approximate surface area is 156 Å². The van der Waals surface area contributed by atoms with Crippen LogP contribution in [0.3, 0.4) is 0 Å². The molecule has 3 aromatic rings. The van der Waals surface area contributed by atoms with Gasteiger partial charge in [-0.3, -0.25) is 15.0 Å². The van der Waals surface area contributed by atoms with Crippen molar-refractivity contribution in [2.24, 2.45) is 0 Å². The number of aryl methyl sites for hydroxylation is 2. The number of aromatic nitrogens is 3. The monoisotopic (exact) mass is 370 g/mol. The minimum atomic E-state index is -0.292. The summed E-state index contributed by atoms with van der Waals surface area (Å²) in [6.07, 6.45) is 1.07. The number of nitrogens with zero attached hydrogens (tertiary/aromatic N) is 2. The van der Waals surface area contributed by atoms with Crippen LogP contribution in [0.2, 0.25) is 0 Å². The highest BCUT2D eigenvalue weighted by Gasteiger charge is 2.15. The van der Waals surface area contributed by atoms with E-state index in [1.165, 1.54) is 22.0 Å². The molecular formula is C19H22N4O2S. The zero-order chi connectivity index (χ0) is 18.7. The Balaban J connectivity index is 1.97. The van der Waals surface area contributed by atoms with Crippen molar-refractivity contribution in [2.45, 2.75) is 44.5 Å². The summed E-state index contributed by atoms with van der Waals surface area (Å²) < 4.78 is 1.26. The number of rotatable bonds is 6. The Morgan fingerprint density at radius 1 is 1.31 bits per heavy atom. The van der Waals surface area contributed by atoms with Gasteiger partial charge in [-0.05, 0) is 31.9 Å². The summed E-state index contributed by atoms with van der Waals surface area (Å²) in [6, 6.07) is 10.0. The summed E-state index contributed by atoms with van der Waals surface area (Å²) in [5.41, 5.74) is 6.59. The van der Waals surface area contributed by atoms with E-state index in [2.05, 4.69) is 21.5 Å². The summed E-state index contributed by atoms with van der Waals surface area (Å²) in [7, 11) is 0. The van der Waals surface area contributed by atoms with Gasteiger partial charge in [-0.1, -0.05) is 48.5 Å². The lowest BCUT2D eigenvalue weighted by Crippen LogP contribution is -2.35. The van der Waals surface area contributed by atoms with Gasteiger partial charge in [0, 0.05) is 17.9 Å². The first-order chi connectivity index (χ1) is 12.5. The predicted molar refractivity (Wildman–Crippen MR) is 105 cm³/mol. The first-order valence-corrected chi connectivity index (χ1v) is 9.57. The third-order valence-electron chi connectivity index (χ3n) is 3.92. The number of nitrogens with one attached hydrogen (secondary N) is 2. The smallest absolute Gasteiger partial charge is 0.297 e. The molecule has 136 valence electrons. The SMILES string of the molecule is CCCC(=O)Nn1c(SCc2cccc(C)c2)nc2cc(C)[nH]c2c1=O. The third-order valence-corrected chi connectivity index (χ3v) is 4.93. The minimum Gasteiger partial charge on any atom is -0.353 e. The Morgan fingerprint density at radius 2 is 2.12 bits per heavy atom. The van der Waals surface area contributed by atoms with Crippen molar-refractivity contribution in [1.29, 1.82) is 0 Å². The molecule has 26 heavy (non-hydrogen) atoms. The Morgan fingerprint density at radius 3 is 2.85 bits per heavy atom. The van der Waals surface area contributed by atoms with Crippen LogP contribution >= 0.6 is 11.8 Å². The molecule has 2 aromatic heterocycles. The molecule has 0 spiro atoms. The van der Waals surface area contributed by atoms with Crippen LogP contribution in [0.25, 0.3) is 11.0 Å². The van der Waals surface area contributed by atoms with E-state index in [-0.39, 0.29) is 11.5 Å². The van der Waals surface area contributed by atoms with Gasteiger partial charge in [0.05, 0.1) is 5.52 Å². The van der Waals surface area contributed by atoms with Gasteiger partial charge in [0.1, 0.15) is 5.52 Å². The van der Waals surface area contributed by atoms with Gasteiger partial charge in [-0.2, -0.15) is 4.68 Å². The summed E-state index contributed by atoms with van der Waals surface area (Å²) in [4.78, 5) is 32.5. The van der Waals surface area contributed by atoms with Crippen LogP contribution in [0.15, 0.2) is 40.3 Å². The molecule has 1 aromatic carbocycles. The van der Waals surface area contributed by atoms with E-state index >= 15 is 0 Å². The van der Waals surface area contributed by atoms with Crippen molar-refractivity contribution < 1.29 is 4.79 Å². The van der Waals surface area contributed by atoms with E-state index in [1.807, 2.05) is 45.0 Å². The molecular weight excluding hydrogens is 348 g/mol.